The standard InChI is InChI=1S/C23H24F4O3/c24-19-14-22(21(12-13-21)20(28)29,11-10-18(19)15-4-2-1-3-5-15)30-17-8-6-16(7-9-17)23(25,26)27/h1-5,10-11,16-17H,6-9,12-14H2,(H,28,29). The van der Waals surface area contributed by atoms with E-state index in [9.17, 15) is 23.1 Å². The smallest absolute Gasteiger partial charge is 0.391 e. The van der Waals surface area contributed by atoms with Crippen molar-refractivity contribution in [2.24, 2.45) is 11.3 Å². The van der Waals surface area contributed by atoms with Crippen molar-refractivity contribution in [3.63, 3.8) is 0 Å². The molecule has 7 heteroatoms. The predicted octanol–water partition coefficient (Wildman–Crippen LogP) is 6.07. The van der Waals surface area contributed by atoms with Gasteiger partial charge in [0, 0.05) is 12.0 Å². The van der Waals surface area contributed by atoms with Gasteiger partial charge in [-0.1, -0.05) is 42.5 Å². The second-order valence-electron chi connectivity index (χ2n) is 8.60. The van der Waals surface area contributed by atoms with Crippen molar-refractivity contribution in [1.82, 2.24) is 0 Å². The van der Waals surface area contributed by atoms with Crippen molar-refractivity contribution >= 4 is 11.5 Å². The minimum Gasteiger partial charge on any atom is -0.481 e. The topological polar surface area (TPSA) is 46.5 Å². The van der Waals surface area contributed by atoms with Gasteiger partial charge in [0.25, 0.3) is 0 Å². The first-order chi connectivity index (χ1) is 14.2. The number of carbonyl (C=O) groups is 1. The van der Waals surface area contributed by atoms with E-state index in [-0.39, 0.29) is 32.1 Å². The Labute approximate surface area is 172 Å². The van der Waals surface area contributed by atoms with Crippen LogP contribution in [0.3, 0.4) is 0 Å². The zero-order chi connectivity index (χ0) is 21.6. The Balaban J connectivity index is 1.58. The number of alkyl halides is 3. The van der Waals surface area contributed by atoms with Crippen LogP contribution in [0, 0.1) is 11.3 Å². The molecule has 0 heterocycles. The van der Waals surface area contributed by atoms with Gasteiger partial charge in [-0.3, -0.25) is 4.79 Å². The van der Waals surface area contributed by atoms with Gasteiger partial charge in [0.05, 0.1) is 12.0 Å². The van der Waals surface area contributed by atoms with Gasteiger partial charge in [-0.05, 0) is 44.1 Å². The van der Waals surface area contributed by atoms with Crippen molar-refractivity contribution in [2.75, 3.05) is 0 Å². The van der Waals surface area contributed by atoms with Gasteiger partial charge in [-0.15, -0.1) is 0 Å². The van der Waals surface area contributed by atoms with Crippen LogP contribution in [0.25, 0.3) is 5.57 Å². The van der Waals surface area contributed by atoms with Gasteiger partial charge in [-0.2, -0.15) is 13.2 Å². The van der Waals surface area contributed by atoms with Gasteiger partial charge in [0.2, 0.25) is 0 Å². The maximum atomic E-state index is 15.2. The molecule has 0 spiro atoms. The molecule has 3 aliphatic rings. The maximum Gasteiger partial charge on any atom is 0.391 e. The number of hydrogen-bond acceptors (Lipinski definition) is 2. The minimum absolute atomic E-state index is 0.0539. The number of halogens is 4. The molecule has 0 aromatic heterocycles. The molecule has 2 fully saturated rings. The Kier molecular flexibility index (Phi) is 5.29. The van der Waals surface area contributed by atoms with Crippen LogP contribution in [-0.2, 0) is 9.53 Å². The van der Waals surface area contributed by atoms with Crippen LogP contribution in [0.4, 0.5) is 17.6 Å². The minimum atomic E-state index is -4.23. The molecule has 1 aromatic carbocycles. The van der Waals surface area contributed by atoms with Crippen LogP contribution in [-0.4, -0.2) is 29.0 Å². The number of rotatable bonds is 5. The number of benzene rings is 1. The third-order valence-electron chi connectivity index (χ3n) is 6.80. The average molecular weight is 424 g/mol. The molecule has 3 aliphatic carbocycles. The Morgan fingerprint density at radius 3 is 2.20 bits per heavy atom. The summed E-state index contributed by atoms with van der Waals surface area (Å²) in [5, 5.41) is 9.87. The quantitative estimate of drug-likeness (QED) is 0.584. The fourth-order valence-electron chi connectivity index (χ4n) is 4.83. The lowest BCUT2D eigenvalue weighted by atomic mass is 9.75. The van der Waals surface area contributed by atoms with Gasteiger partial charge < -0.3 is 9.84 Å². The van der Waals surface area contributed by atoms with Crippen molar-refractivity contribution in [3.05, 3.63) is 53.9 Å². The summed E-state index contributed by atoms with van der Waals surface area (Å²) < 4.78 is 60.4. The molecule has 1 atom stereocenters. The molecule has 0 bridgehead atoms. The second kappa shape index (κ2) is 7.52. The molecular formula is C23H24F4O3. The molecule has 2 saturated carbocycles. The van der Waals surface area contributed by atoms with Crippen LogP contribution in [0.5, 0.6) is 0 Å². The van der Waals surface area contributed by atoms with Crippen molar-refractivity contribution < 1.29 is 32.2 Å². The predicted molar refractivity (Wildman–Crippen MR) is 103 cm³/mol. The normalized spacial score (nSPS) is 30.9. The summed E-state index contributed by atoms with van der Waals surface area (Å²) in [7, 11) is 0. The van der Waals surface area contributed by atoms with E-state index >= 15 is 4.39 Å². The van der Waals surface area contributed by atoms with E-state index < -0.39 is 41.0 Å². The van der Waals surface area contributed by atoms with E-state index in [0.717, 1.165) is 0 Å². The monoisotopic (exact) mass is 424 g/mol. The fraction of sp³-hybridized carbons (Fsp3) is 0.522. The largest absolute Gasteiger partial charge is 0.481 e. The average Bonchev–Trinajstić information content (AvgIpc) is 3.51. The zero-order valence-electron chi connectivity index (χ0n) is 16.4. The Morgan fingerprint density at radius 1 is 1.07 bits per heavy atom. The SMILES string of the molecule is O=C(O)C1(C2(OC3CCC(C(F)(F)F)CC3)C=CC(c3ccccc3)=C(F)C2)CC1. The number of carboxylic acids is 1. The highest BCUT2D eigenvalue weighted by atomic mass is 19.4. The van der Waals surface area contributed by atoms with E-state index in [1.54, 1.807) is 36.4 Å². The van der Waals surface area contributed by atoms with Crippen LogP contribution in [0.2, 0.25) is 0 Å². The first-order valence-electron chi connectivity index (χ1n) is 10.3. The molecule has 1 unspecified atom stereocenters. The van der Waals surface area contributed by atoms with E-state index in [2.05, 4.69) is 0 Å². The van der Waals surface area contributed by atoms with E-state index in [4.69, 9.17) is 4.74 Å². The van der Waals surface area contributed by atoms with E-state index in [0.29, 0.717) is 24.0 Å². The molecule has 30 heavy (non-hydrogen) atoms. The Hall–Kier alpha value is -2.15. The summed E-state index contributed by atoms with van der Waals surface area (Å²) in [6, 6.07) is 8.95. The number of hydrogen-bond donors (Lipinski definition) is 1. The highest BCUT2D eigenvalue weighted by Gasteiger charge is 2.66. The third kappa shape index (κ3) is 3.68. The summed E-state index contributed by atoms with van der Waals surface area (Å²) >= 11 is 0. The number of allylic oxidation sites excluding steroid dienone is 2. The number of carboxylic acid groups (broad SMARTS) is 1. The third-order valence-corrected chi connectivity index (χ3v) is 6.80. The number of ether oxygens (including phenoxy) is 1. The molecule has 0 radical (unpaired) electrons. The summed E-state index contributed by atoms with van der Waals surface area (Å²) in [5.41, 5.74) is -1.54. The Bertz CT molecular complexity index is 862. The summed E-state index contributed by atoms with van der Waals surface area (Å²) in [5.74, 6) is -2.86. The highest BCUT2D eigenvalue weighted by Crippen LogP contribution is 2.61. The maximum absolute atomic E-state index is 15.2. The lowest BCUT2D eigenvalue weighted by molar-refractivity contribution is -0.196. The van der Waals surface area contributed by atoms with E-state index in [1.165, 1.54) is 0 Å². The van der Waals surface area contributed by atoms with Crippen molar-refractivity contribution in [3.8, 4) is 0 Å². The fourth-order valence-corrected chi connectivity index (χ4v) is 4.83. The van der Waals surface area contributed by atoms with Gasteiger partial charge in [0.15, 0.2) is 0 Å². The number of aliphatic carboxylic acids is 1. The molecule has 1 aromatic rings. The van der Waals surface area contributed by atoms with Crippen molar-refractivity contribution in [2.45, 2.75) is 62.8 Å². The van der Waals surface area contributed by atoms with Crippen molar-refractivity contribution in [1.29, 1.82) is 0 Å². The second-order valence-corrected chi connectivity index (χ2v) is 8.60. The first-order valence-corrected chi connectivity index (χ1v) is 10.3. The molecular weight excluding hydrogens is 400 g/mol. The molecule has 4 rings (SSSR count). The molecule has 0 amide bonds. The first kappa shape index (κ1) is 21.1. The molecule has 0 aliphatic heterocycles. The van der Waals surface area contributed by atoms with Crippen LogP contribution >= 0.6 is 0 Å². The lowest BCUT2D eigenvalue weighted by Gasteiger charge is -2.43. The van der Waals surface area contributed by atoms with Crippen LogP contribution < -0.4 is 0 Å². The summed E-state index contributed by atoms with van der Waals surface area (Å²) in [6.45, 7) is 0. The lowest BCUT2D eigenvalue weighted by Crippen LogP contribution is -2.49. The molecule has 1 N–H and O–H groups in total. The van der Waals surface area contributed by atoms with Gasteiger partial charge in [-0.25, -0.2) is 4.39 Å². The highest BCUT2D eigenvalue weighted by molar-refractivity contribution is 5.83. The van der Waals surface area contributed by atoms with Crippen LogP contribution in [0.15, 0.2) is 48.3 Å². The van der Waals surface area contributed by atoms with E-state index in [1.807, 2.05) is 6.07 Å². The van der Waals surface area contributed by atoms with Crippen LogP contribution in [0.1, 0.15) is 50.5 Å². The molecule has 0 saturated heterocycles. The van der Waals surface area contributed by atoms with Gasteiger partial charge in [0.1, 0.15) is 16.8 Å². The summed E-state index contributed by atoms with van der Waals surface area (Å²) in [6.07, 6.45) is -0.784. The van der Waals surface area contributed by atoms with Gasteiger partial charge >= 0.3 is 12.1 Å². The molecule has 3 nitrogen and oxygen atoms in total. The molecule has 162 valence electrons. The zero-order valence-corrected chi connectivity index (χ0v) is 16.4. The Morgan fingerprint density at radius 2 is 1.70 bits per heavy atom. The summed E-state index contributed by atoms with van der Waals surface area (Å²) in [4.78, 5) is 12.1.